The molecule has 6 heteroatoms. The van der Waals surface area contributed by atoms with Gasteiger partial charge in [-0.05, 0) is 12.5 Å². The molecule has 0 unspecified atom stereocenters. The smallest absolute Gasteiger partial charge is 0.164 e. The molecule has 0 spiro atoms. The Balaban J connectivity index is 0.00000361. The van der Waals surface area contributed by atoms with E-state index in [9.17, 15) is 5.11 Å². The summed E-state index contributed by atoms with van der Waals surface area (Å²) in [5, 5.41) is 10.0. The molecule has 5 nitrogen and oxygen atoms in total. The van der Waals surface area contributed by atoms with Gasteiger partial charge in [-0.2, -0.15) is 0 Å². The van der Waals surface area contributed by atoms with Crippen molar-refractivity contribution in [2.24, 2.45) is 5.73 Å². The quantitative estimate of drug-likeness (QED) is 0.808. The van der Waals surface area contributed by atoms with E-state index in [1.165, 1.54) is 0 Å². The zero-order valence-electron chi connectivity index (χ0n) is 12.4. The van der Waals surface area contributed by atoms with E-state index in [-0.39, 0.29) is 12.4 Å². The third-order valence-corrected chi connectivity index (χ3v) is 3.09. The number of rotatable bonds is 7. The Morgan fingerprint density at radius 1 is 1.05 bits per heavy atom. The van der Waals surface area contributed by atoms with Crippen LogP contribution in [0.4, 0.5) is 0 Å². The Bertz CT molecular complexity index is 414. The molecule has 116 valence electrons. The molecule has 3 N–H and O–H groups in total. The van der Waals surface area contributed by atoms with Gasteiger partial charge in [0.2, 0.25) is 0 Å². The van der Waals surface area contributed by atoms with Crippen molar-refractivity contribution >= 4 is 12.4 Å². The first kappa shape index (κ1) is 18.8. The van der Waals surface area contributed by atoms with Crippen molar-refractivity contribution in [1.29, 1.82) is 0 Å². The molecule has 1 aromatic rings. The number of aliphatic hydroxyl groups excluding tert-OH is 1. The summed E-state index contributed by atoms with van der Waals surface area (Å²) in [6.07, 6.45) is 0.889. The van der Waals surface area contributed by atoms with Gasteiger partial charge in [0.1, 0.15) is 5.75 Å². The maximum Gasteiger partial charge on any atom is 0.164 e. The van der Waals surface area contributed by atoms with E-state index in [2.05, 4.69) is 0 Å². The summed E-state index contributed by atoms with van der Waals surface area (Å²) in [5.41, 5.74) is 6.80. The predicted molar refractivity (Wildman–Crippen MR) is 81.2 cm³/mol. The van der Waals surface area contributed by atoms with E-state index in [4.69, 9.17) is 19.9 Å². The van der Waals surface area contributed by atoms with E-state index >= 15 is 0 Å². The Hall–Kier alpha value is -1.17. The summed E-state index contributed by atoms with van der Waals surface area (Å²) in [5.74, 6) is 1.72. The number of hydrogen-bond acceptors (Lipinski definition) is 5. The largest absolute Gasteiger partial charge is 0.496 e. The van der Waals surface area contributed by atoms with Crippen molar-refractivity contribution in [3.8, 4) is 17.2 Å². The normalized spacial score (nSPS) is 13.1. The standard InChI is InChI=1S/C14H23NO4.ClH/c1-5-6-10(16)14(15)9-7-12(18-3)13(19-4)8-11(9)17-2;/h7-8,10,14,16H,5-6,15H2,1-4H3;1H/t10-,14+;/m1./s1. The number of aliphatic hydroxyl groups is 1. The molecule has 1 aromatic carbocycles. The SMILES string of the molecule is CCC[C@@H](O)[C@@H](N)c1cc(OC)c(OC)cc1OC.Cl. The molecule has 0 fully saturated rings. The van der Waals surface area contributed by atoms with Crippen LogP contribution in [0, 0.1) is 0 Å². The van der Waals surface area contributed by atoms with Crippen molar-refractivity contribution in [3.05, 3.63) is 17.7 Å². The molecule has 20 heavy (non-hydrogen) atoms. The maximum absolute atomic E-state index is 10.0. The van der Waals surface area contributed by atoms with E-state index in [0.717, 1.165) is 6.42 Å². The highest BCUT2D eigenvalue weighted by Gasteiger charge is 2.22. The molecule has 0 amide bonds. The second kappa shape index (κ2) is 8.89. The zero-order valence-corrected chi connectivity index (χ0v) is 13.2. The minimum Gasteiger partial charge on any atom is -0.496 e. The first-order chi connectivity index (χ1) is 9.08. The lowest BCUT2D eigenvalue weighted by Gasteiger charge is -2.22. The number of hydrogen-bond donors (Lipinski definition) is 2. The van der Waals surface area contributed by atoms with Crippen molar-refractivity contribution in [2.45, 2.75) is 31.9 Å². The average molecular weight is 306 g/mol. The van der Waals surface area contributed by atoms with Crippen LogP contribution in [0.15, 0.2) is 12.1 Å². The first-order valence-electron chi connectivity index (χ1n) is 6.32. The molecule has 0 bridgehead atoms. The summed E-state index contributed by atoms with van der Waals surface area (Å²) in [4.78, 5) is 0. The van der Waals surface area contributed by atoms with E-state index in [1.54, 1.807) is 33.5 Å². The van der Waals surface area contributed by atoms with Gasteiger partial charge < -0.3 is 25.1 Å². The Morgan fingerprint density at radius 3 is 2.00 bits per heavy atom. The Labute approximate surface area is 126 Å². The van der Waals surface area contributed by atoms with Crippen LogP contribution in [0.5, 0.6) is 17.2 Å². The van der Waals surface area contributed by atoms with Gasteiger partial charge in [0.05, 0.1) is 33.5 Å². The third kappa shape index (κ3) is 4.16. The summed E-state index contributed by atoms with van der Waals surface area (Å²) >= 11 is 0. The van der Waals surface area contributed by atoms with Crippen LogP contribution in [0.1, 0.15) is 31.4 Å². The van der Waals surface area contributed by atoms with Crippen LogP contribution in [0.2, 0.25) is 0 Å². The summed E-state index contributed by atoms with van der Waals surface area (Å²) < 4.78 is 15.8. The van der Waals surface area contributed by atoms with Crippen LogP contribution >= 0.6 is 12.4 Å². The highest BCUT2D eigenvalue weighted by Crippen LogP contribution is 2.38. The molecule has 0 aliphatic rings. The topological polar surface area (TPSA) is 73.9 Å². The highest BCUT2D eigenvalue weighted by molar-refractivity contribution is 5.85. The fourth-order valence-corrected chi connectivity index (χ4v) is 2.00. The molecule has 0 aliphatic carbocycles. The van der Waals surface area contributed by atoms with Crippen LogP contribution in [0.3, 0.4) is 0 Å². The summed E-state index contributed by atoms with van der Waals surface area (Å²) in [6, 6.07) is 2.95. The average Bonchev–Trinajstić information content (AvgIpc) is 2.45. The lowest BCUT2D eigenvalue weighted by Crippen LogP contribution is -2.26. The number of methoxy groups -OCH3 is 3. The van der Waals surface area contributed by atoms with Crippen LogP contribution in [-0.4, -0.2) is 32.5 Å². The third-order valence-electron chi connectivity index (χ3n) is 3.09. The molecule has 0 aliphatic heterocycles. The van der Waals surface area contributed by atoms with Gasteiger partial charge in [-0.3, -0.25) is 0 Å². The van der Waals surface area contributed by atoms with Crippen LogP contribution < -0.4 is 19.9 Å². The van der Waals surface area contributed by atoms with E-state index in [0.29, 0.717) is 29.2 Å². The minimum atomic E-state index is -0.614. The summed E-state index contributed by atoms with van der Waals surface area (Å²) in [7, 11) is 4.68. The van der Waals surface area contributed by atoms with Crippen molar-refractivity contribution < 1.29 is 19.3 Å². The lowest BCUT2D eigenvalue weighted by molar-refractivity contribution is 0.133. The van der Waals surface area contributed by atoms with Crippen LogP contribution in [-0.2, 0) is 0 Å². The Morgan fingerprint density at radius 2 is 1.55 bits per heavy atom. The molecule has 2 atom stereocenters. The molecular weight excluding hydrogens is 282 g/mol. The zero-order chi connectivity index (χ0) is 14.4. The molecule has 0 aromatic heterocycles. The molecule has 0 saturated carbocycles. The van der Waals surface area contributed by atoms with Crippen molar-refractivity contribution in [1.82, 2.24) is 0 Å². The molecule has 0 saturated heterocycles. The second-order valence-electron chi connectivity index (χ2n) is 4.33. The van der Waals surface area contributed by atoms with E-state index in [1.807, 2.05) is 6.92 Å². The highest BCUT2D eigenvalue weighted by atomic mass is 35.5. The van der Waals surface area contributed by atoms with Gasteiger partial charge >= 0.3 is 0 Å². The van der Waals surface area contributed by atoms with Crippen LogP contribution in [0.25, 0.3) is 0 Å². The second-order valence-corrected chi connectivity index (χ2v) is 4.33. The van der Waals surface area contributed by atoms with Gasteiger partial charge in [-0.25, -0.2) is 0 Å². The predicted octanol–water partition coefficient (Wildman–Crippen LogP) is 2.30. The number of benzene rings is 1. The van der Waals surface area contributed by atoms with Gasteiger partial charge in [0, 0.05) is 11.6 Å². The van der Waals surface area contributed by atoms with Gasteiger partial charge in [-0.15, -0.1) is 12.4 Å². The minimum absolute atomic E-state index is 0. The number of halogens is 1. The number of ether oxygens (including phenoxy) is 3. The van der Waals surface area contributed by atoms with Crippen molar-refractivity contribution in [2.75, 3.05) is 21.3 Å². The lowest BCUT2D eigenvalue weighted by atomic mass is 9.97. The van der Waals surface area contributed by atoms with Crippen molar-refractivity contribution in [3.63, 3.8) is 0 Å². The van der Waals surface area contributed by atoms with Gasteiger partial charge in [0.15, 0.2) is 11.5 Å². The van der Waals surface area contributed by atoms with Gasteiger partial charge in [0.25, 0.3) is 0 Å². The van der Waals surface area contributed by atoms with Gasteiger partial charge in [-0.1, -0.05) is 13.3 Å². The summed E-state index contributed by atoms with van der Waals surface area (Å²) in [6.45, 7) is 2.00. The molecule has 0 heterocycles. The van der Waals surface area contributed by atoms with E-state index < -0.39 is 12.1 Å². The molecular formula is C14H24ClNO4. The number of nitrogens with two attached hydrogens (primary N) is 1. The fourth-order valence-electron chi connectivity index (χ4n) is 2.00. The molecule has 1 rings (SSSR count). The first-order valence-corrected chi connectivity index (χ1v) is 6.32. The molecule has 0 radical (unpaired) electrons. The maximum atomic E-state index is 10.0. The fraction of sp³-hybridized carbons (Fsp3) is 0.571. The monoisotopic (exact) mass is 305 g/mol. The Kier molecular flexibility index (Phi) is 8.37.